The predicted molar refractivity (Wildman–Crippen MR) is 65.7 cm³/mol. The first-order chi connectivity index (χ1) is 8.26. The number of amides is 1. The smallest absolute Gasteiger partial charge is 0.410 e. The number of hydrogen-bond acceptors (Lipinski definition) is 4. The Kier molecular flexibility index (Phi) is 4.33. The van der Waals surface area contributed by atoms with Gasteiger partial charge in [0.25, 0.3) is 0 Å². The van der Waals surface area contributed by atoms with E-state index in [1.54, 1.807) is 27.7 Å². The van der Waals surface area contributed by atoms with Gasteiger partial charge in [-0.2, -0.15) is 5.26 Å². The summed E-state index contributed by atoms with van der Waals surface area (Å²) < 4.78 is 5.30. The first-order valence-electron chi connectivity index (χ1n) is 6.18. The minimum Gasteiger partial charge on any atom is -0.444 e. The fourth-order valence-corrected chi connectivity index (χ4v) is 1.99. The second kappa shape index (κ2) is 5.38. The van der Waals surface area contributed by atoms with Crippen LogP contribution in [0, 0.1) is 17.2 Å². The SMILES string of the molecule is C[C@H]1C(C#N)C(=O)CCCN1C(=O)OC(C)(C)C. The standard InChI is InChI=1S/C13H20N2O3/c1-9-10(8-14)11(16)6-5-7-15(9)12(17)18-13(2,3)4/h9-10H,5-7H2,1-4H3/t9-,10?/m0/s1. The Morgan fingerprint density at radius 3 is 2.61 bits per heavy atom. The molecular formula is C13H20N2O3. The van der Waals surface area contributed by atoms with E-state index in [0.717, 1.165) is 0 Å². The van der Waals surface area contributed by atoms with E-state index in [0.29, 0.717) is 19.4 Å². The molecule has 0 aromatic rings. The molecular weight excluding hydrogens is 232 g/mol. The third-order valence-electron chi connectivity index (χ3n) is 2.91. The van der Waals surface area contributed by atoms with Crippen molar-refractivity contribution in [3.8, 4) is 6.07 Å². The van der Waals surface area contributed by atoms with Gasteiger partial charge in [0.1, 0.15) is 11.5 Å². The lowest BCUT2D eigenvalue weighted by molar-refractivity contribution is -0.121. The van der Waals surface area contributed by atoms with Gasteiger partial charge in [0, 0.05) is 13.0 Å². The number of hydrogen-bond donors (Lipinski definition) is 0. The summed E-state index contributed by atoms with van der Waals surface area (Å²) in [7, 11) is 0. The van der Waals surface area contributed by atoms with Crippen molar-refractivity contribution in [2.24, 2.45) is 5.92 Å². The van der Waals surface area contributed by atoms with Gasteiger partial charge in [0.15, 0.2) is 5.78 Å². The minimum atomic E-state index is -0.750. The molecule has 1 amide bonds. The van der Waals surface area contributed by atoms with E-state index < -0.39 is 23.7 Å². The number of nitrogens with zero attached hydrogens (tertiary/aromatic N) is 2. The van der Waals surface area contributed by atoms with Crippen molar-refractivity contribution in [3.63, 3.8) is 0 Å². The zero-order valence-electron chi connectivity index (χ0n) is 11.4. The van der Waals surface area contributed by atoms with Crippen LogP contribution in [0.1, 0.15) is 40.5 Å². The second-order valence-corrected chi connectivity index (χ2v) is 5.59. The molecule has 0 aromatic carbocycles. The van der Waals surface area contributed by atoms with E-state index in [1.807, 2.05) is 6.07 Å². The molecule has 5 heteroatoms. The third kappa shape index (κ3) is 3.46. The maximum Gasteiger partial charge on any atom is 0.410 e. The van der Waals surface area contributed by atoms with Crippen molar-refractivity contribution in [1.82, 2.24) is 4.90 Å². The highest BCUT2D eigenvalue weighted by molar-refractivity contribution is 5.85. The highest BCUT2D eigenvalue weighted by atomic mass is 16.6. The topological polar surface area (TPSA) is 70.4 Å². The summed E-state index contributed by atoms with van der Waals surface area (Å²) in [6.45, 7) is 7.56. The monoisotopic (exact) mass is 252 g/mol. The number of likely N-dealkylation sites (tertiary alicyclic amines) is 1. The van der Waals surface area contributed by atoms with Crippen LogP contribution in [0.3, 0.4) is 0 Å². The number of rotatable bonds is 0. The van der Waals surface area contributed by atoms with Crippen LogP contribution in [0.15, 0.2) is 0 Å². The van der Waals surface area contributed by atoms with Gasteiger partial charge >= 0.3 is 6.09 Å². The normalized spacial score (nSPS) is 25.3. The molecule has 1 aliphatic heterocycles. The summed E-state index contributed by atoms with van der Waals surface area (Å²) in [5, 5.41) is 9.04. The lowest BCUT2D eigenvalue weighted by atomic mass is 9.96. The van der Waals surface area contributed by atoms with Gasteiger partial charge < -0.3 is 9.64 Å². The second-order valence-electron chi connectivity index (χ2n) is 5.59. The van der Waals surface area contributed by atoms with Crippen LogP contribution in [0.5, 0.6) is 0 Å². The number of Topliss-reactive ketones (excluding diaryl/α,β-unsaturated/α-hetero) is 1. The molecule has 0 radical (unpaired) electrons. The molecule has 1 heterocycles. The minimum absolute atomic E-state index is 0.0870. The summed E-state index contributed by atoms with van der Waals surface area (Å²) in [5.41, 5.74) is -0.574. The Morgan fingerprint density at radius 1 is 1.50 bits per heavy atom. The average Bonchev–Trinajstić information content (AvgIpc) is 2.35. The zero-order chi connectivity index (χ0) is 13.9. The molecule has 2 atom stereocenters. The van der Waals surface area contributed by atoms with E-state index >= 15 is 0 Å². The fourth-order valence-electron chi connectivity index (χ4n) is 1.99. The van der Waals surface area contributed by atoms with Gasteiger partial charge in [-0.05, 0) is 34.1 Å². The van der Waals surface area contributed by atoms with Crippen LogP contribution in [0.25, 0.3) is 0 Å². The summed E-state index contributed by atoms with van der Waals surface area (Å²) in [6, 6.07) is 1.56. The van der Waals surface area contributed by atoms with Gasteiger partial charge in [0.05, 0.1) is 12.1 Å². The molecule has 0 bridgehead atoms. The maximum absolute atomic E-state index is 12.0. The molecule has 0 aliphatic carbocycles. The van der Waals surface area contributed by atoms with E-state index in [1.165, 1.54) is 4.90 Å². The summed E-state index contributed by atoms with van der Waals surface area (Å²) in [5.74, 6) is -0.837. The van der Waals surface area contributed by atoms with Gasteiger partial charge in [-0.25, -0.2) is 4.79 Å². The molecule has 0 N–H and O–H groups in total. The van der Waals surface area contributed by atoms with E-state index in [4.69, 9.17) is 10.00 Å². The Morgan fingerprint density at radius 2 is 2.11 bits per heavy atom. The summed E-state index contributed by atoms with van der Waals surface area (Å²) >= 11 is 0. The quantitative estimate of drug-likeness (QED) is 0.662. The fraction of sp³-hybridized carbons (Fsp3) is 0.769. The van der Waals surface area contributed by atoms with Gasteiger partial charge in [-0.1, -0.05) is 0 Å². The Hall–Kier alpha value is -1.57. The molecule has 18 heavy (non-hydrogen) atoms. The first kappa shape index (κ1) is 14.5. The number of carbonyl (C=O) groups is 2. The molecule has 100 valence electrons. The zero-order valence-corrected chi connectivity index (χ0v) is 11.4. The van der Waals surface area contributed by atoms with Crippen molar-refractivity contribution < 1.29 is 14.3 Å². The van der Waals surface area contributed by atoms with Crippen molar-refractivity contribution in [3.05, 3.63) is 0 Å². The molecule has 1 unspecified atom stereocenters. The number of ether oxygens (including phenoxy) is 1. The van der Waals surface area contributed by atoms with E-state index in [-0.39, 0.29) is 5.78 Å². The summed E-state index contributed by atoms with van der Waals surface area (Å²) in [6.07, 6.45) is 0.479. The first-order valence-corrected chi connectivity index (χ1v) is 6.18. The number of ketones is 1. The van der Waals surface area contributed by atoms with Crippen LogP contribution >= 0.6 is 0 Å². The molecule has 5 nitrogen and oxygen atoms in total. The van der Waals surface area contributed by atoms with Crippen LogP contribution < -0.4 is 0 Å². The van der Waals surface area contributed by atoms with E-state index in [9.17, 15) is 9.59 Å². The van der Waals surface area contributed by atoms with Crippen LogP contribution in [0.4, 0.5) is 4.79 Å². The Balaban J connectivity index is 2.85. The molecule has 1 saturated heterocycles. The lowest BCUT2D eigenvalue weighted by Gasteiger charge is -2.31. The Labute approximate surface area is 108 Å². The maximum atomic E-state index is 12.0. The van der Waals surface area contributed by atoms with Crippen LogP contribution in [-0.4, -0.2) is 35.0 Å². The lowest BCUT2D eigenvalue weighted by Crippen LogP contribution is -2.45. The van der Waals surface area contributed by atoms with Gasteiger partial charge in [-0.15, -0.1) is 0 Å². The molecule has 1 fully saturated rings. The van der Waals surface area contributed by atoms with Crippen LogP contribution in [-0.2, 0) is 9.53 Å². The highest BCUT2D eigenvalue weighted by Gasteiger charge is 2.36. The predicted octanol–water partition coefficient (Wildman–Crippen LogP) is 2.11. The number of carbonyl (C=O) groups excluding carboxylic acids is 2. The van der Waals surface area contributed by atoms with Crippen molar-refractivity contribution >= 4 is 11.9 Å². The summed E-state index contributed by atoms with van der Waals surface area (Å²) in [4.78, 5) is 25.2. The van der Waals surface area contributed by atoms with Crippen LogP contribution in [0.2, 0.25) is 0 Å². The molecule has 1 rings (SSSR count). The largest absolute Gasteiger partial charge is 0.444 e. The molecule has 0 saturated carbocycles. The van der Waals surface area contributed by atoms with Gasteiger partial charge in [0.2, 0.25) is 0 Å². The molecule has 0 aromatic heterocycles. The van der Waals surface area contributed by atoms with Crippen molar-refractivity contribution in [2.45, 2.75) is 52.2 Å². The molecule has 1 aliphatic rings. The third-order valence-corrected chi connectivity index (χ3v) is 2.91. The number of nitriles is 1. The van der Waals surface area contributed by atoms with E-state index in [2.05, 4.69) is 0 Å². The van der Waals surface area contributed by atoms with Gasteiger partial charge in [-0.3, -0.25) is 4.79 Å². The Bertz CT molecular complexity index is 379. The van der Waals surface area contributed by atoms with Crippen molar-refractivity contribution in [1.29, 1.82) is 5.26 Å². The average molecular weight is 252 g/mol. The van der Waals surface area contributed by atoms with Crippen molar-refractivity contribution in [2.75, 3.05) is 6.54 Å². The highest BCUT2D eigenvalue weighted by Crippen LogP contribution is 2.22. The molecule has 0 spiro atoms.